The Kier molecular flexibility index (Phi) is 8.38. The number of rotatable bonds is 9. The van der Waals surface area contributed by atoms with Gasteiger partial charge in [0.05, 0.1) is 12.6 Å². The van der Waals surface area contributed by atoms with Crippen molar-refractivity contribution in [3.8, 4) is 5.75 Å². The molecule has 9 heteroatoms. The average Bonchev–Trinajstić information content (AvgIpc) is 3.34. The molecule has 0 saturated heterocycles. The highest BCUT2D eigenvalue weighted by Gasteiger charge is 2.33. The number of ether oxygens (including phenoxy) is 2. The van der Waals surface area contributed by atoms with E-state index in [1.807, 2.05) is 11.4 Å². The van der Waals surface area contributed by atoms with Gasteiger partial charge in [0.1, 0.15) is 13.2 Å². The standard InChI is InChI=1S/C26H26ClFN2O4S/c1-33-13-12-29(26(32)18-5-4-6-19(27)15-18)16-25(31)30-11-9-24-20(10-14-35-24)22(30)17-34-23-8-3-2-7-21(23)28/h2-8,10,14-15,22H,9,11-13,16-17H2,1H3/t22-/m0/s1. The fourth-order valence-corrected chi connectivity index (χ4v) is 5.24. The molecule has 0 unspecified atom stereocenters. The van der Waals surface area contributed by atoms with Crippen molar-refractivity contribution in [2.24, 2.45) is 0 Å². The molecular weight excluding hydrogens is 491 g/mol. The molecule has 184 valence electrons. The van der Waals surface area contributed by atoms with Gasteiger partial charge in [-0.15, -0.1) is 11.3 Å². The van der Waals surface area contributed by atoms with Gasteiger partial charge in [0, 0.05) is 35.7 Å². The highest BCUT2D eigenvalue weighted by atomic mass is 35.5. The van der Waals surface area contributed by atoms with Crippen LogP contribution in [0.5, 0.6) is 5.75 Å². The molecule has 0 spiro atoms. The van der Waals surface area contributed by atoms with Crippen LogP contribution in [0.25, 0.3) is 0 Å². The van der Waals surface area contributed by atoms with Crippen LogP contribution in [0.2, 0.25) is 5.02 Å². The molecule has 0 fully saturated rings. The molecule has 1 atom stereocenters. The second-order valence-corrected chi connectivity index (χ2v) is 9.56. The largest absolute Gasteiger partial charge is 0.488 e. The van der Waals surface area contributed by atoms with Crippen LogP contribution >= 0.6 is 22.9 Å². The Balaban J connectivity index is 1.53. The van der Waals surface area contributed by atoms with Gasteiger partial charge in [-0.25, -0.2) is 4.39 Å². The monoisotopic (exact) mass is 516 g/mol. The van der Waals surface area contributed by atoms with Crippen LogP contribution in [0.15, 0.2) is 60.0 Å². The zero-order valence-electron chi connectivity index (χ0n) is 19.3. The van der Waals surface area contributed by atoms with Gasteiger partial charge < -0.3 is 19.3 Å². The van der Waals surface area contributed by atoms with Crippen molar-refractivity contribution in [3.63, 3.8) is 0 Å². The maximum Gasteiger partial charge on any atom is 0.254 e. The Hall–Kier alpha value is -2.94. The van der Waals surface area contributed by atoms with Gasteiger partial charge >= 0.3 is 0 Å². The van der Waals surface area contributed by atoms with E-state index in [9.17, 15) is 14.0 Å². The summed E-state index contributed by atoms with van der Waals surface area (Å²) in [5, 5.41) is 2.43. The zero-order valence-corrected chi connectivity index (χ0v) is 20.9. The number of hydrogen-bond donors (Lipinski definition) is 0. The number of methoxy groups -OCH3 is 1. The van der Waals surface area contributed by atoms with Crippen LogP contribution in [-0.2, 0) is 16.0 Å². The Morgan fingerprint density at radius 2 is 2.03 bits per heavy atom. The van der Waals surface area contributed by atoms with Crippen LogP contribution in [0.4, 0.5) is 4.39 Å². The predicted octanol–water partition coefficient (Wildman–Crippen LogP) is 4.83. The lowest BCUT2D eigenvalue weighted by Crippen LogP contribution is -2.48. The number of nitrogens with zero attached hydrogens (tertiary/aromatic N) is 2. The number of benzene rings is 2. The highest BCUT2D eigenvalue weighted by molar-refractivity contribution is 7.10. The maximum absolute atomic E-state index is 14.1. The summed E-state index contributed by atoms with van der Waals surface area (Å²) in [6, 6.07) is 14.4. The van der Waals surface area contributed by atoms with Gasteiger partial charge in [-0.05, 0) is 53.8 Å². The van der Waals surface area contributed by atoms with Crippen molar-refractivity contribution in [3.05, 3.63) is 86.8 Å². The van der Waals surface area contributed by atoms with E-state index in [1.165, 1.54) is 15.8 Å². The first-order valence-electron chi connectivity index (χ1n) is 11.2. The molecule has 0 N–H and O–H groups in total. The van der Waals surface area contributed by atoms with E-state index in [1.54, 1.807) is 65.8 Å². The summed E-state index contributed by atoms with van der Waals surface area (Å²) in [6.07, 6.45) is 0.718. The summed E-state index contributed by atoms with van der Waals surface area (Å²) in [5.74, 6) is -0.828. The second-order valence-electron chi connectivity index (χ2n) is 8.12. The van der Waals surface area contributed by atoms with Crippen molar-refractivity contribution in [2.45, 2.75) is 12.5 Å². The molecule has 0 saturated carbocycles. The highest BCUT2D eigenvalue weighted by Crippen LogP contribution is 2.34. The summed E-state index contributed by atoms with van der Waals surface area (Å²) in [4.78, 5) is 31.1. The van der Waals surface area contributed by atoms with Crippen molar-refractivity contribution in [1.82, 2.24) is 9.80 Å². The summed E-state index contributed by atoms with van der Waals surface area (Å²) < 4.78 is 25.1. The predicted molar refractivity (Wildman–Crippen MR) is 134 cm³/mol. The third-order valence-corrected chi connectivity index (χ3v) is 7.13. The Morgan fingerprint density at radius 3 is 2.80 bits per heavy atom. The van der Waals surface area contributed by atoms with Gasteiger partial charge in [-0.2, -0.15) is 0 Å². The van der Waals surface area contributed by atoms with E-state index in [0.717, 1.165) is 12.0 Å². The lowest BCUT2D eigenvalue weighted by molar-refractivity contribution is -0.135. The molecule has 6 nitrogen and oxygen atoms in total. The topological polar surface area (TPSA) is 59.1 Å². The lowest BCUT2D eigenvalue weighted by Gasteiger charge is -2.37. The minimum atomic E-state index is -0.454. The van der Waals surface area contributed by atoms with Crippen LogP contribution in [-0.4, -0.2) is 61.6 Å². The van der Waals surface area contributed by atoms with Crippen molar-refractivity contribution in [2.75, 3.05) is 40.0 Å². The van der Waals surface area contributed by atoms with Crippen LogP contribution in [0.1, 0.15) is 26.8 Å². The number of carbonyl (C=O) groups is 2. The van der Waals surface area contributed by atoms with Crippen molar-refractivity contribution >= 4 is 34.8 Å². The molecule has 3 aromatic rings. The molecule has 1 aromatic heterocycles. The smallest absolute Gasteiger partial charge is 0.254 e. The number of halogens is 2. The van der Waals surface area contributed by atoms with Crippen molar-refractivity contribution in [1.29, 1.82) is 0 Å². The SMILES string of the molecule is COCCN(CC(=O)N1CCc2sccc2[C@@H]1COc1ccccc1F)C(=O)c1cccc(Cl)c1. The summed E-state index contributed by atoms with van der Waals surface area (Å²) >= 11 is 7.70. The molecule has 0 radical (unpaired) electrons. The van der Waals surface area contributed by atoms with E-state index in [-0.39, 0.29) is 49.9 Å². The Labute approximate surface area is 212 Å². The second kappa shape index (κ2) is 11.7. The van der Waals surface area contributed by atoms with Gasteiger partial charge in [-0.1, -0.05) is 29.8 Å². The van der Waals surface area contributed by atoms with Gasteiger partial charge in [0.15, 0.2) is 11.6 Å². The van der Waals surface area contributed by atoms with Gasteiger partial charge in [-0.3, -0.25) is 9.59 Å². The number of amides is 2. The minimum Gasteiger partial charge on any atom is -0.488 e. The molecule has 2 heterocycles. The quantitative estimate of drug-likeness (QED) is 0.408. The third kappa shape index (κ3) is 6.01. The molecule has 2 amide bonds. The normalized spacial score (nSPS) is 14.9. The fraction of sp³-hybridized carbons (Fsp3) is 0.308. The Bertz CT molecular complexity index is 1190. The maximum atomic E-state index is 14.1. The summed E-state index contributed by atoms with van der Waals surface area (Å²) in [5.41, 5.74) is 1.40. The first-order valence-corrected chi connectivity index (χ1v) is 12.5. The summed E-state index contributed by atoms with van der Waals surface area (Å²) in [6.45, 7) is 1.01. The van der Waals surface area contributed by atoms with E-state index in [4.69, 9.17) is 21.1 Å². The molecule has 4 rings (SSSR count). The number of carbonyl (C=O) groups excluding carboxylic acids is 2. The zero-order chi connectivity index (χ0) is 24.8. The van der Waals surface area contributed by atoms with Crippen LogP contribution < -0.4 is 4.74 Å². The van der Waals surface area contributed by atoms with E-state index >= 15 is 0 Å². The molecule has 35 heavy (non-hydrogen) atoms. The third-order valence-electron chi connectivity index (χ3n) is 5.90. The van der Waals surface area contributed by atoms with E-state index < -0.39 is 5.82 Å². The van der Waals surface area contributed by atoms with E-state index in [0.29, 0.717) is 17.1 Å². The molecule has 1 aliphatic heterocycles. The first-order chi connectivity index (χ1) is 17.0. The van der Waals surface area contributed by atoms with Gasteiger partial charge in [0.2, 0.25) is 5.91 Å². The summed E-state index contributed by atoms with van der Waals surface area (Å²) in [7, 11) is 1.54. The lowest BCUT2D eigenvalue weighted by atomic mass is 10.0. The number of para-hydroxylation sites is 1. The average molecular weight is 517 g/mol. The van der Waals surface area contributed by atoms with Gasteiger partial charge in [0.25, 0.3) is 5.91 Å². The molecule has 0 bridgehead atoms. The number of fused-ring (bicyclic) bond motifs is 1. The fourth-order valence-electron chi connectivity index (χ4n) is 4.12. The minimum absolute atomic E-state index is 0.108. The number of thiophene rings is 1. The van der Waals surface area contributed by atoms with Crippen LogP contribution in [0, 0.1) is 5.82 Å². The van der Waals surface area contributed by atoms with Crippen LogP contribution in [0.3, 0.4) is 0 Å². The molecular formula is C26H26ClFN2O4S. The van der Waals surface area contributed by atoms with Crippen molar-refractivity contribution < 1.29 is 23.5 Å². The van der Waals surface area contributed by atoms with E-state index in [2.05, 4.69) is 0 Å². The Morgan fingerprint density at radius 1 is 1.20 bits per heavy atom. The molecule has 0 aliphatic carbocycles. The molecule has 1 aliphatic rings. The first kappa shape index (κ1) is 25.2. The number of hydrogen-bond acceptors (Lipinski definition) is 5. The molecule has 2 aromatic carbocycles.